The minimum atomic E-state index is -0.211. The molecule has 0 spiro atoms. The third-order valence-corrected chi connectivity index (χ3v) is 2.65. The third kappa shape index (κ3) is 4.10. The van der Waals surface area contributed by atoms with Crippen molar-refractivity contribution in [2.24, 2.45) is 5.73 Å². The highest BCUT2D eigenvalue weighted by atomic mass is 16.5. The van der Waals surface area contributed by atoms with E-state index in [1.54, 1.807) is 17.1 Å². The number of amides is 1. The lowest BCUT2D eigenvalue weighted by molar-refractivity contribution is 0.0942. The summed E-state index contributed by atoms with van der Waals surface area (Å²) in [6.45, 7) is 2.01. The molecule has 1 heterocycles. The zero-order valence-electron chi connectivity index (χ0n) is 11.2. The standard InChI is InChI=1S/C14H18N4O2/c15-6-8-18-10-13(17-11-18)14(19)16-7-9-20-12-4-2-1-3-5-12/h1-5,10-11H,6-9,15H2,(H,16,19). The summed E-state index contributed by atoms with van der Waals surface area (Å²) in [4.78, 5) is 15.8. The molecule has 1 amide bonds. The van der Waals surface area contributed by atoms with E-state index in [-0.39, 0.29) is 5.91 Å². The first-order chi connectivity index (χ1) is 9.79. The number of benzene rings is 1. The zero-order valence-corrected chi connectivity index (χ0v) is 11.2. The monoisotopic (exact) mass is 274 g/mol. The molecule has 2 rings (SSSR count). The molecule has 0 aliphatic carbocycles. The van der Waals surface area contributed by atoms with Crippen LogP contribution in [-0.2, 0) is 6.54 Å². The van der Waals surface area contributed by atoms with Crippen molar-refractivity contribution in [3.05, 3.63) is 48.5 Å². The van der Waals surface area contributed by atoms with Gasteiger partial charge in [0, 0.05) is 19.3 Å². The molecule has 0 radical (unpaired) electrons. The summed E-state index contributed by atoms with van der Waals surface area (Å²) < 4.78 is 7.27. The smallest absolute Gasteiger partial charge is 0.271 e. The lowest BCUT2D eigenvalue weighted by Crippen LogP contribution is -2.28. The Morgan fingerprint density at radius 2 is 2.15 bits per heavy atom. The SMILES string of the molecule is NCCn1cnc(C(=O)NCCOc2ccccc2)c1. The van der Waals surface area contributed by atoms with E-state index < -0.39 is 0 Å². The average molecular weight is 274 g/mol. The van der Waals surface area contributed by atoms with Crippen molar-refractivity contribution >= 4 is 5.91 Å². The molecule has 1 aromatic carbocycles. The van der Waals surface area contributed by atoms with Gasteiger partial charge < -0.3 is 20.4 Å². The van der Waals surface area contributed by atoms with E-state index in [9.17, 15) is 4.79 Å². The first-order valence-electron chi connectivity index (χ1n) is 6.47. The van der Waals surface area contributed by atoms with Crippen LogP contribution in [0.15, 0.2) is 42.9 Å². The minimum absolute atomic E-state index is 0.211. The van der Waals surface area contributed by atoms with Gasteiger partial charge in [-0.2, -0.15) is 0 Å². The number of carbonyl (C=O) groups is 1. The van der Waals surface area contributed by atoms with Gasteiger partial charge in [-0.05, 0) is 12.1 Å². The number of hydrogen-bond acceptors (Lipinski definition) is 4. The lowest BCUT2D eigenvalue weighted by Gasteiger charge is -2.06. The van der Waals surface area contributed by atoms with E-state index in [2.05, 4.69) is 10.3 Å². The van der Waals surface area contributed by atoms with E-state index in [0.29, 0.717) is 31.9 Å². The average Bonchev–Trinajstić information content (AvgIpc) is 2.94. The quantitative estimate of drug-likeness (QED) is 0.726. The van der Waals surface area contributed by atoms with Crippen LogP contribution in [-0.4, -0.2) is 35.2 Å². The number of ether oxygens (including phenoxy) is 1. The first kappa shape index (κ1) is 14.1. The van der Waals surface area contributed by atoms with E-state index in [0.717, 1.165) is 5.75 Å². The Kier molecular flexibility index (Phi) is 5.14. The predicted octanol–water partition coefficient (Wildman–Crippen LogP) is 0.651. The van der Waals surface area contributed by atoms with Gasteiger partial charge in [0.1, 0.15) is 18.1 Å². The zero-order chi connectivity index (χ0) is 14.2. The second-order valence-electron chi connectivity index (χ2n) is 4.20. The van der Waals surface area contributed by atoms with Gasteiger partial charge in [0.25, 0.3) is 5.91 Å². The molecule has 6 nitrogen and oxygen atoms in total. The van der Waals surface area contributed by atoms with Crippen LogP contribution in [0, 0.1) is 0 Å². The Hall–Kier alpha value is -2.34. The number of hydrogen-bond donors (Lipinski definition) is 2. The third-order valence-electron chi connectivity index (χ3n) is 2.65. The van der Waals surface area contributed by atoms with Crippen molar-refractivity contribution in [3.8, 4) is 5.75 Å². The number of aromatic nitrogens is 2. The fourth-order valence-electron chi connectivity index (χ4n) is 1.69. The molecule has 6 heteroatoms. The van der Waals surface area contributed by atoms with Gasteiger partial charge in [0.15, 0.2) is 0 Å². The van der Waals surface area contributed by atoms with Crippen LogP contribution in [0.3, 0.4) is 0 Å². The van der Waals surface area contributed by atoms with E-state index in [1.807, 2.05) is 30.3 Å². The van der Waals surface area contributed by atoms with Gasteiger partial charge >= 0.3 is 0 Å². The molecule has 0 saturated heterocycles. The van der Waals surface area contributed by atoms with E-state index >= 15 is 0 Å². The number of imidazole rings is 1. The van der Waals surface area contributed by atoms with Gasteiger partial charge in [0.05, 0.1) is 12.9 Å². The van der Waals surface area contributed by atoms with Crippen molar-refractivity contribution in [2.75, 3.05) is 19.7 Å². The molecule has 2 aromatic rings. The van der Waals surface area contributed by atoms with Crippen molar-refractivity contribution < 1.29 is 9.53 Å². The molecule has 0 aliphatic heterocycles. The summed E-state index contributed by atoms with van der Waals surface area (Å²) in [6, 6.07) is 9.47. The summed E-state index contributed by atoms with van der Waals surface area (Å²) in [5, 5.41) is 2.75. The molecule has 0 fully saturated rings. The van der Waals surface area contributed by atoms with Gasteiger partial charge in [-0.3, -0.25) is 4.79 Å². The normalized spacial score (nSPS) is 10.2. The Morgan fingerprint density at radius 1 is 1.35 bits per heavy atom. The Bertz CT molecular complexity index is 539. The van der Waals surface area contributed by atoms with Crippen LogP contribution in [0.1, 0.15) is 10.5 Å². The highest BCUT2D eigenvalue weighted by molar-refractivity contribution is 5.91. The van der Waals surface area contributed by atoms with Crippen LogP contribution in [0.4, 0.5) is 0 Å². The molecular formula is C14H18N4O2. The number of nitrogens with zero attached hydrogens (tertiary/aromatic N) is 2. The van der Waals surface area contributed by atoms with Crippen LogP contribution in [0.5, 0.6) is 5.75 Å². The largest absolute Gasteiger partial charge is 0.492 e. The van der Waals surface area contributed by atoms with Crippen molar-refractivity contribution in [1.82, 2.24) is 14.9 Å². The predicted molar refractivity (Wildman–Crippen MR) is 75.6 cm³/mol. The summed E-state index contributed by atoms with van der Waals surface area (Å²) in [5.74, 6) is 0.575. The molecule has 0 bridgehead atoms. The molecule has 1 aromatic heterocycles. The lowest BCUT2D eigenvalue weighted by atomic mass is 10.3. The minimum Gasteiger partial charge on any atom is -0.492 e. The highest BCUT2D eigenvalue weighted by Crippen LogP contribution is 2.07. The molecule has 3 N–H and O–H groups in total. The second-order valence-corrected chi connectivity index (χ2v) is 4.20. The summed E-state index contributed by atoms with van der Waals surface area (Å²) in [7, 11) is 0. The molecular weight excluding hydrogens is 256 g/mol. The fraction of sp³-hybridized carbons (Fsp3) is 0.286. The molecule has 106 valence electrons. The first-order valence-corrected chi connectivity index (χ1v) is 6.47. The van der Waals surface area contributed by atoms with Gasteiger partial charge in [-0.1, -0.05) is 18.2 Å². The topological polar surface area (TPSA) is 82.2 Å². The molecule has 0 atom stereocenters. The molecule has 0 aliphatic rings. The molecule has 20 heavy (non-hydrogen) atoms. The van der Waals surface area contributed by atoms with E-state index in [4.69, 9.17) is 10.5 Å². The Balaban J connectivity index is 1.72. The van der Waals surface area contributed by atoms with E-state index in [1.165, 1.54) is 0 Å². The number of nitrogens with one attached hydrogen (secondary N) is 1. The van der Waals surface area contributed by atoms with Gasteiger partial charge in [-0.15, -0.1) is 0 Å². The van der Waals surface area contributed by atoms with Crippen LogP contribution >= 0.6 is 0 Å². The Labute approximate surface area is 117 Å². The number of nitrogens with two attached hydrogens (primary N) is 1. The maximum Gasteiger partial charge on any atom is 0.271 e. The molecule has 0 unspecified atom stereocenters. The van der Waals surface area contributed by atoms with Gasteiger partial charge in [0.2, 0.25) is 0 Å². The number of carbonyl (C=O) groups excluding carboxylic acids is 1. The number of rotatable bonds is 7. The van der Waals surface area contributed by atoms with Crippen LogP contribution in [0.2, 0.25) is 0 Å². The number of para-hydroxylation sites is 1. The maximum atomic E-state index is 11.8. The summed E-state index contributed by atoms with van der Waals surface area (Å²) in [6.07, 6.45) is 3.28. The van der Waals surface area contributed by atoms with Crippen LogP contribution < -0.4 is 15.8 Å². The van der Waals surface area contributed by atoms with Crippen LogP contribution in [0.25, 0.3) is 0 Å². The maximum absolute atomic E-state index is 11.8. The Morgan fingerprint density at radius 3 is 2.90 bits per heavy atom. The molecule has 0 saturated carbocycles. The summed E-state index contributed by atoms with van der Waals surface area (Å²) in [5.41, 5.74) is 5.82. The van der Waals surface area contributed by atoms with Crippen molar-refractivity contribution in [3.63, 3.8) is 0 Å². The second kappa shape index (κ2) is 7.30. The highest BCUT2D eigenvalue weighted by Gasteiger charge is 2.08. The fourth-order valence-corrected chi connectivity index (χ4v) is 1.69. The van der Waals surface area contributed by atoms with Crippen molar-refractivity contribution in [1.29, 1.82) is 0 Å². The van der Waals surface area contributed by atoms with Gasteiger partial charge in [-0.25, -0.2) is 4.98 Å². The summed E-state index contributed by atoms with van der Waals surface area (Å²) >= 11 is 0. The van der Waals surface area contributed by atoms with Crippen molar-refractivity contribution in [2.45, 2.75) is 6.54 Å².